The Morgan fingerprint density at radius 3 is 2.80 bits per heavy atom. The molecule has 1 heterocycles. The van der Waals surface area contributed by atoms with Crippen LogP contribution in [0.5, 0.6) is 0 Å². The molecule has 1 N–H and O–H groups in total. The highest BCUT2D eigenvalue weighted by atomic mass is 19.3. The number of alkyl halides is 2. The molecule has 1 fully saturated rings. The predicted molar refractivity (Wildman–Crippen MR) is 56.1 cm³/mol. The lowest BCUT2D eigenvalue weighted by atomic mass is 9.99. The number of hydrogen-bond acceptors (Lipinski definition) is 1. The van der Waals surface area contributed by atoms with Crippen molar-refractivity contribution in [2.75, 3.05) is 6.54 Å². The van der Waals surface area contributed by atoms with Gasteiger partial charge < -0.3 is 5.32 Å². The smallest absolute Gasteiger partial charge is 0.264 e. The molecule has 2 rings (SSSR count). The van der Waals surface area contributed by atoms with Crippen LogP contribution in [0.15, 0.2) is 18.2 Å². The zero-order valence-corrected chi connectivity index (χ0v) is 8.76. The van der Waals surface area contributed by atoms with Gasteiger partial charge in [-0.15, -0.1) is 0 Å². The number of rotatable bonds is 2. The van der Waals surface area contributed by atoms with E-state index in [4.69, 9.17) is 0 Å². The van der Waals surface area contributed by atoms with Crippen molar-refractivity contribution < 1.29 is 8.78 Å². The van der Waals surface area contributed by atoms with Gasteiger partial charge in [0.15, 0.2) is 0 Å². The average molecular weight is 211 g/mol. The van der Waals surface area contributed by atoms with Crippen LogP contribution >= 0.6 is 0 Å². The van der Waals surface area contributed by atoms with Gasteiger partial charge in [-0.3, -0.25) is 0 Å². The quantitative estimate of drug-likeness (QED) is 0.791. The van der Waals surface area contributed by atoms with Crippen LogP contribution in [-0.2, 0) is 0 Å². The topological polar surface area (TPSA) is 12.0 Å². The van der Waals surface area contributed by atoms with Crippen molar-refractivity contribution in [3.63, 3.8) is 0 Å². The fourth-order valence-electron chi connectivity index (χ4n) is 2.08. The third kappa shape index (κ3) is 2.17. The minimum Gasteiger partial charge on any atom is -0.310 e. The molecule has 1 aromatic carbocycles. The summed E-state index contributed by atoms with van der Waals surface area (Å²) < 4.78 is 25.3. The summed E-state index contributed by atoms with van der Waals surface area (Å²) in [6.45, 7) is 2.72. The van der Waals surface area contributed by atoms with Crippen LogP contribution < -0.4 is 5.32 Å². The van der Waals surface area contributed by atoms with Crippen molar-refractivity contribution in [3.8, 4) is 0 Å². The lowest BCUT2D eigenvalue weighted by molar-refractivity contribution is 0.150. The van der Waals surface area contributed by atoms with E-state index in [2.05, 4.69) is 5.32 Å². The number of hydrogen-bond donors (Lipinski definition) is 1. The van der Waals surface area contributed by atoms with E-state index >= 15 is 0 Å². The molecule has 0 radical (unpaired) electrons. The molecule has 0 bridgehead atoms. The summed E-state index contributed by atoms with van der Waals surface area (Å²) in [5.41, 5.74) is 1.83. The van der Waals surface area contributed by atoms with Gasteiger partial charge in [-0.2, -0.15) is 0 Å². The van der Waals surface area contributed by atoms with Crippen LogP contribution in [0.25, 0.3) is 0 Å². The highest BCUT2D eigenvalue weighted by Crippen LogP contribution is 2.29. The Labute approximate surface area is 88.5 Å². The molecule has 1 atom stereocenters. The molecule has 0 aliphatic carbocycles. The molecule has 1 saturated heterocycles. The fraction of sp³-hybridized carbons (Fsp3) is 0.500. The van der Waals surface area contributed by atoms with Gasteiger partial charge in [0.2, 0.25) is 0 Å². The van der Waals surface area contributed by atoms with Gasteiger partial charge >= 0.3 is 0 Å². The summed E-state index contributed by atoms with van der Waals surface area (Å²) in [6, 6.07) is 5.65. The molecule has 1 aliphatic rings. The van der Waals surface area contributed by atoms with Crippen LogP contribution in [0.1, 0.15) is 42.0 Å². The van der Waals surface area contributed by atoms with Crippen molar-refractivity contribution in [2.24, 2.45) is 0 Å². The summed E-state index contributed by atoms with van der Waals surface area (Å²) in [6.07, 6.45) is -0.194. The van der Waals surface area contributed by atoms with E-state index in [9.17, 15) is 8.78 Å². The highest BCUT2D eigenvalue weighted by molar-refractivity contribution is 5.33. The van der Waals surface area contributed by atoms with Crippen LogP contribution in [0.2, 0.25) is 0 Å². The van der Waals surface area contributed by atoms with Crippen molar-refractivity contribution >= 4 is 0 Å². The minimum absolute atomic E-state index is 0.168. The monoisotopic (exact) mass is 211 g/mol. The summed E-state index contributed by atoms with van der Waals surface area (Å²) in [4.78, 5) is 0. The lowest BCUT2D eigenvalue weighted by Gasteiger charge is -2.13. The largest absolute Gasteiger partial charge is 0.310 e. The third-order valence-corrected chi connectivity index (χ3v) is 3.00. The second kappa shape index (κ2) is 4.27. The molecule has 0 saturated carbocycles. The summed E-state index contributed by atoms with van der Waals surface area (Å²) in [5.74, 6) is 0. The maximum absolute atomic E-state index is 12.7. The number of aryl methyl sites for hydroxylation is 1. The molecule has 3 heteroatoms. The standard InChI is InChI=1S/C12H15F2N/c1-8-4-5-9(7-10(8)12(13)14)11-3-2-6-15-11/h4-5,7,11-12,15H,2-3,6H2,1H3. The molecule has 0 spiro atoms. The Morgan fingerprint density at radius 1 is 1.40 bits per heavy atom. The Balaban J connectivity index is 2.29. The zero-order valence-electron chi connectivity index (χ0n) is 8.76. The van der Waals surface area contributed by atoms with Gasteiger partial charge in [-0.25, -0.2) is 8.78 Å². The second-order valence-electron chi connectivity index (χ2n) is 4.07. The molecule has 15 heavy (non-hydrogen) atoms. The van der Waals surface area contributed by atoms with Crippen molar-refractivity contribution in [1.29, 1.82) is 0 Å². The number of nitrogens with one attached hydrogen (secondary N) is 1. The second-order valence-corrected chi connectivity index (χ2v) is 4.07. The molecular formula is C12H15F2N. The Morgan fingerprint density at radius 2 is 2.20 bits per heavy atom. The van der Waals surface area contributed by atoms with E-state index in [1.807, 2.05) is 6.07 Å². The molecule has 0 amide bonds. The molecule has 82 valence electrons. The Kier molecular flexibility index (Phi) is 3.00. The molecular weight excluding hydrogens is 196 g/mol. The first-order valence-electron chi connectivity index (χ1n) is 5.30. The number of benzene rings is 1. The Hall–Kier alpha value is -0.960. The van der Waals surface area contributed by atoms with Crippen molar-refractivity contribution in [1.82, 2.24) is 5.32 Å². The first kappa shape index (κ1) is 10.6. The Bertz CT molecular complexity index is 343. The summed E-state index contributed by atoms with van der Waals surface area (Å²) >= 11 is 0. The molecule has 1 unspecified atom stereocenters. The molecule has 1 aliphatic heterocycles. The first-order valence-corrected chi connectivity index (χ1v) is 5.30. The van der Waals surface area contributed by atoms with Crippen molar-refractivity contribution in [3.05, 3.63) is 34.9 Å². The van der Waals surface area contributed by atoms with E-state index in [0.717, 1.165) is 24.9 Å². The third-order valence-electron chi connectivity index (χ3n) is 3.00. The van der Waals surface area contributed by atoms with Gasteiger partial charge in [0.1, 0.15) is 0 Å². The first-order chi connectivity index (χ1) is 7.18. The highest BCUT2D eigenvalue weighted by Gasteiger charge is 2.18. The van der Waals surface area contributed by atoms with Gasteiger partial charge in [0, 0.05) is 11.6 Å². The summed E-state index contributed by atoms with van der Waals surface area (Å²) in [7, 11) is 0. The maximum atomic E-state index is 12.7. The fourth-order valence-corrected chi connectivity index (χ4v) is 2.08. The molecule has 1 nitrogen and oxygen atoms in total. The molecule has 0 aromatic heterocycles. The van der Waals surface area contributed by atoms with Gasteiger partial charge in [0.05, 0.1) is 0 Å². The van der Waals surface area contributed by atoms with E-state index < -0.39 is 6.43 Å². The van der Waals surface area contributed by atoms with E-state index in [0.29, 0.717) is 5.56 Å². The van der Waals surface area contributed by atoms with Crippen molar-refractivity contribution in [2.45, 2.75) is 32.2 Å². The van der Waals surface area contributed by atoms with Crippen LogP contribution in [-0.4, -0.2) is 6.54 Å². The maximum Gasteiger partial charge on any atom is 0.264 e. The van der Waals surface area contributed by atoms with Crippen LogP contribution in [0.4, 0.5) is 8.78 Å². The lowest BCUT2D eigenvalue weighted by Crippen LogP contribution is -2.13. The van der Waals surface area contributed by atoms with Crippen LogP contribution in [0, 0.1) is 6.92 Å². The predicted octanol–water partition coefficient (Wildman–Crippen LogP) is 3.36. The molecule has 1 aromatic rings. The average Bonchev–Trinajstić information content (AvgIpc) is 2.71. The van der Waals surface area contributed by atoms with Gasteiger partial charge in [-0.05, 0) is 43.5 Å². The minimum atomic E-state index is -2.37. The number of halogens is 2. The van der Waals surface area contributed by atoms with Crippen LogP contribution in [0.3, 0.4) is 0 Å². The zero-order chi connectivity index (χ0) is 10.8. The van der Waals surface area contributed by atoms with Gasteiger partial charge in [0.25, 0.3) is 6.43 Å². The van der Waals surface area contributed by atoms with E-state index in [1.54, 1.807) is 19.1 Å². The SMILES string of the molecule is Cc1ccc(C2CCCN2)cc1C(F)F. The van der Waals surface area contributed by atoms with E-state index in [-0.39, 0.29) is 11.6 Å². The van der Waals surface area contributed by atoms with Gasteiger partial charge in [-0.1, -0.05) is 12.1 Å². The van der Waals surface area contributed by atoms with E-state index in [1.165, 1.54) is 0 Å². The summed E-state index contributed by atoms with van der Waals surface area (Å²) in [5, 5.41) is 3.31. The normalized spacial score (nSPS) is 21.2.